The first-order valence-electron chi connectivity index (χ1n) is 8.15. The number of hydrogen-bond acceptors (Lipinski definition) is 4. The van der Waals surface area contributed by atoms with Crippen LogP contribution in [0, 0.1) is 5.41 Å². The number of benzene rings is 1. The molecular formula is C18H31NaO5S. The molecule has 0 bridgehead atoms. The average molecular weight is 382 g/mol. The standard InChI is InChI=1S/C18H30O5S.Na.H/c1-17(2,3)14-18(4,5)15-6-8-16(9-7-15)23-11-10-22-12-13-24(19,20)21;;/h6-9H,10-14H2,1-5H3,(H,19,20,21);;. The fraction of sp³-hybridized carbons (Fsp3) is 0.667. The van der Waals surface area contributed by atoms with Crippen LogP contribution in [0.5, 0.6) is 5.75 Å². The van der Waals surface area contributed by atoms with Gasteiger partial charge >= 0.3 is 29.6 Å². The predicted molar refractivity (Wildman–Crippen MR) is 103 cm³/mol. The molecule has 0 atom stereocenters. The van der Waals surface area contributed by atoms with Crippen molar-refractivity contribution in [3.63, 3.8) is 0 Å². The van der Waals surface area contributed by atoms with Crippen molar-refractivity contribution >= 4 is 39.7 Å². The van der Waals surface area contributed by atoms with Crippen molar-refractivity contribution in [2.75, 3.05) is 25.6 Å². The molecule has 1 aromatic carbocycles. The van der Waals surface area contributed by atoms with Crippen LogP contribution in [0.2, 0.25) is 0 Å². The maximum atomic E-state index is 10.5. The number of hydrogen-bond donors (Lipinski definition) is 1. The molecule has 1 rings (SSSR count). The molecule has 0 unspecified atom stereocenters. The maximum absolute atomic E-state index is 10.5. The average Bonchev–Trinajstić information content (AvgIpc) is 2.39. The molecule has 0 aromatic heterocycles. The molecule has 5 nitrogen and oxygen atoms in total. The van der Waals surface area contributed by atoms with E-state index in [9.17, 15) is 8.42 Å². The second-order valence-electron chi connectivity index (χ2n) is 7.89. The zero-order valence-electron chi connectivity index (χ0n) is 15.3. The molecule has 0 aliphatic heterocycles. The van der Waals surface area contributed by atoms with Crippen molar-refractivity contribution in [3.8, 4) is 5.75 Å². The molecule has 0 spiro atoms. The molecule has 1 aromatic rings. The van der Waals surface area contributed by atoms with Gasteiger partial charge in [-0.05, 0) is 34.9 Å². The molecule has 0 saturated heterocycles. The molecule has 0 aliphatic carbocycles. The summed E-state index contributed by atoms with van der Waals surface area (Å²) in [5.74, 6) is 0.355. The molecule has 0 radical (unpaired) electrons. The predicted octanol–water partition coefficient (Wildman–Crippen LogP) is 3.04. The minimum absolute atomic E-state index is 0. The van der Waals surface area contributed by atoms with Gasteiger partial charge in [-0.2, -0.15) is 8.42 Å². The van der Waals surface area contributed by atoms with E-state index < -0.39 is 15.9 Å². The molecule has 1 N–H and O–H groups in total. The van der Waals surface area contributed by atoms with Gasteiger partial charge in [-0.25, -0.2) is 0 Å². The summed E-state index contributed by atoms with van der Waals surface area (Å²) in [5, 5.41) is 0. The van der Waals surface area contributed by atoms with E-state index in [0.29, 0.717) is 6.61 Å². The van der Waals surface area contributed by atoms with Crippen molar-refractivity contribution < 1.29 is 22.4 Å². The van der Waals surface area contributed by atoms with Crippen molar-refractivity contribution in [2.45, 2.75) is 46.5 Å². The molecule has 0 saturated carbocycles. The van der Waals surface area contributed by atoms with E-state index in [1.807, 2.05) is 12.1 Å². The third kappa shape index (κ3) is 11.3. The Labute approximate surface area is 174 Å². The second-order valence-corrected chi connectivity index (χ2v) is 9.46. The van der Waals surface area contributed by atoms with Gasteiger partial charge in [0.2, 0.25) is 0 Å². The Morgan fingerprint density at radius 1 is 0.960 bits per heavy atom. The van der Waals surface area contributed by atoms with Gasteiger partial charge in [0, 0.05) is 0 Å². The third-order valence-electron chi connectivity index (χ3n) is 3.59. The van der Waals surface area contributed by atoms with E-state index >= 15 is 0 Å². The van der Waals surface area contributed by atoms with Crippen LogP contribution in [0.4, 0.5) is 0 Å². The van der Waals surface area contributed by atoms with Crippen LogP contribution in [0.25, 0.3) is 0 Å². The van der Waals surface area contributed by atoms with Gasteiger partial charge in [-0.1, -0.05) is 46.8 Å². The van der Waals surface area contributed by atoms with E-state index in [2.05, 4.69) is 46.8 Å². The summed E-state index contributed by atoms with van der Waals surface area (Å²) in [6.45, 7) is 11.8. The van der Waals surface area contributed by atoms with Crippen molar-refractivity contribution in [1.29, 1.82) is 0 Å². The van der Waals surface area contributed by atoms with Crippen LogP contribution in [-0.2, 0) is 20.3 Å². The molecule has 25 heavy (non-hydrogen) atoms. The van der Waals surface area contributed by atoms with E-state index in [1.165, 1.54) is 5.56 Å². The van der Waals surface area contributed by atoms with Crippen molar-refractivity contribution in [1.82, 2.24) is 0 Å². The number of ether oxygens (including phenoxy) is 2. The first-order valence-corrected chi connectivity index (χ1v) is 9.76. The Bertz CT molecular complexity index is 603. The molecule has 0 fully saturated rings. The molecule has 0 amide bonds. The van der Waals surface area contributed by atoms with Crippen molar-refractivity contribution in [3.05, 3.63) is 29.8 Å². The van der Waals surface area contributed by atoms with Gasteiger partial charge in [0.05, 0.1) is 19.0 Å². The summed E-state index contributed by atoms with van der Waals surface area (Å²) in [7, 11) is -3.96. The number of rotatable bonds is 9. The fourth-order valence-electron chi connectivity index (χ4n) is 2.91. The molecule has 0 heterocycles. The third-order valence-corrected chi connectivity index (χ3v) is 4.27. The summed E-state index contributed by atoms with van der Waals surface area (Å²) in [4.78, 5) is 0. The van der Waals surface area contributed by atoms with Gasteiger partial charge in [0.1, 0.15) is 12.4 Å². The van der Waals surface area contributed by atoms with Crippen LogP contribution in [0.15, 0.2) is 24.3 Å². The topological polar surface area (TPSA) is 72.8 Å². The van der Waals surface area contributed by atoms with Gasteiger partial charge in [-0.3, -0.25) is 4.55 Å². The van der Waals surface area contributed by atoms with Gasteiger partial charge in [0.25, 0.3) is 10.1 Å². The van der Waals surface area contributed by atoms with Crippen molar-refractivity contribution in [2.24, 2.45) is 5.41 Å². The van der Waals surface area contributed by atoms with Gasteiger partial charge < -0.3 is 9.47 Å². The van der Waals surface area contributed by atoms with E-state index in [0.717, 1.165) is 12.2 Å². The van der Waals surface area contributed by atoms with Crippen LogP contribution in [-0.4, -0.2) is 68.1 Å². The van der Waals surface area contributed by atoms with Crippen LogP contribution < -0.4 is 4.74 Å². The first kappa shape index (κ1) is 24.9. The summed E-state index contributed by atoms with van der Waals surface area (Å²) < 4.78 is 40.3. The van der Waals surface area contributed by atoms with Crippen LogP contribution >= 0.6 is 0 Å². The van der Waals surface area contributed by atoms with Crippen LogP contribution in [0.1, 0.15) is 46.6 Å². The second kappa shape index (κ2) is 10.3. The summed E-state index contributed by atoms with van der Waals surface area (Å²) >= 11 is 0. The normalized spacial score (nSPS) is 12.6. The fourth-order valence-corrected chi connectivity index (χ4v) is 3.24. The molecule has 7 heteroatoms. The minimum atomic E-state index is -3.96. The van der Waals surface area contributed by atoms with Crippen LogP contribution in [0.3, 0.4) is 0 Å². The summed E-state index contributed by atoms with van der Waals surface area (Å²) in [5.41, 5.74) is 1.63. The van der Waals surface area contributed by atoms with E-state index in [-0.39, 0.29) is 53.6 Å². The quantitative estimate of drug-likeness (QED) is 0.404. The Morgan fingerprint density at radius 2 is 1.52 bits per heavy atom. The Balaban J connectivity index is 0.00000576. The molecule has 140 valence electrons. The SMILES string of the molecule is CC(C)(C)CC(C)(C)c1ccc(OCCOCCS(=O)(=O)O)cc1.[NaH]. The van der Waals surface area contributed by atoms with Gasteiger partial charge in [-0.15, -0.1) is 0 Å². The monoisotopic (exact) mass is 382 g/mol. The van der Waals surface area contributed by atoms with Gasteiger partial charge in [0.15, 0.2) is 0 Å². The summed E-state index contributed by atoms with van der Waals surface area (Å²) in [6, 6.07) is 8.05. The Morgan fingerprint density at radius 3 is 2.00 bits per heavy atom. The first-order chi connectivity index (χ1) is 10.9. The zero-order valence-corrected chi connectivity index (χ0v) is 16.1. The Hall–Kier alpha value is -0.110. The Kier molecular flexibility index (Phi) is 10.2. The summed E-state index contributed by atoms with van der Waals surface area (Å²) in [6.07, 6.45) is 1.09. The zero-order chi connectivity index (χ0) is 18.4. The van der Waals surface area contributed by atoms with E-state index in [4.69, 9.17) is 14.0 Å². The molecular weight excluding hydrogens is 351 g/mol. The van der Waals surface area contributed by atoms with E-state index in [1.54, 1.807) is 0 Å². The molecule has 0 aliphatic rings.